The SMILES string of the molecule is COC(=O)C(Cc1cc(OC)c(OC)cc1Br)NC(=O)c1ccccc1. The molecule has 2 aromatic rings. The Labute approximate surface area is 160 Å². The molecule has 0 saturated carbocycles. The van der Waals surface area contributed by atoms with Gasteiger partial charge in [-0.3, -0.25) is 4.79 Å². The molecule has 0 aliphatic heterocycles. The van der Waals surface area contributed by atoms with Crippen molar-refractivity contribution in [2.45, 2.75) is 12.5 Å². The number of nitrogens with one attached hydrogen (secondary N) is 1. The van der Waals surface area contributed by atoms with Crippen LogP contribution in [0.4, 0.5) is 0 Å². The molecule has 0 fully saturated rings. The average molecular weight is 422 g/mol. The quantitative estimate of drug-likeness (QED) is 0.695. The van der Waals surface area contributed by atoms with Crippen LogP contribution in [-0.2, 0) is 16.0 Å². The lowest BCUT2D eigenvalue weighted by Crippen LogP contribution is -2.43. The van der Waals surface area contributed by atoms with Crippen molar-refractivity contribution >= 4 is 27.8 Å². The van der Waals surface area contributed by atoms with Gasteiger partial charge in [-0.05, 0) is 29.8 Å². The van der Waals surface area contributed by atoms with Crippen LogP contribution >= 0.6 is 15.9 Å². The van der Waals surface area contributed by atoms with E-state index in [2.05, 4.69) is 21.2 Å². The summed E-state index contributed by atoms with van der Waals surface area (Å²) in [6, 6.07) is 11.3. The van der Waals surface area contributed by atoms with Crippen molar-refractivity contribution in [3.8, 4) is 11.5 Å². The minimum absolute atomic E-state index is 0.228. The van der Waals surface area contributed by atoms with E-state index >= 15 is 0 Å². The Morgan fingerprint density at radius 3 is 2.23 bits per heavy atom. The van der Waals surface area contributed by atoms with Crippen LogP contribution in [0.3, 0.4) is 0 Å². The molecule has 0 bridgehead atoms. The largest absolute Gasteiger partial charge is 0.493 e. The van der Waals surface area contributed by atoms with Crippen LogP contribution in [0.1, 0.15) is 15.9 Å². The molecule has 1 atom stereocenters. The van der Waals surface area contributed by atoms with E-state index < -0.39 is 12.0 Å². The Kier molecular flexibility index (Phi) is 7.03. The highest BCUT2D eigenvalue weighted by molar-refractivity contribution is 9.10. The third-order valence-electron chi connectivity index (χ3n) is 3.80. The number of carbonyl (C=O) groups is 2. The fourth-order valence-electron chi connectivity index (χ4n) is 2.44. The van der Waals surface area contributed by atoms with Crippen LogP contribution in [0.25, 0.3) is 0 Å². The number of esters is 1. The highest BCUT2D eigenvalue weighted by atomic mass is 79.9. The molecule has 6 nitrogen and oxygen atoms in total. The molecule has 2 aromatic carbocycles. The lowest BCUT2D eigenvalue weighted by Gasteiger charge is -2.18. The summed E-state index contributed by atoms with van der Waals surface area (Å²) in [5.41, 5.74) is 1.24. The minimum Gasteiger partial charge on any atom is -0.493 e. The predicted octanol–water partition coefficient (Wildman–Crippen LogP) is 2.98. The first-order chi connectivity index (χ1) is 12.5. The van der Waals surface area contributed by atoms with Gasteiger partial charge in [0.1, 0.15) is 6.04 Å². The Hall–Kier alpha value is -2.54. The van der Waals surface area contributed by atoms with Crippen molar-refractivity contribution in [3.05, 3.63) is 58.1 Å². The number of halogens is 1. The first kappa shape index (κ1) is 19.8. The lowest BCUT2D eigenvalue weighted by molar-refractivity contribution is -0.142. The molecule has 0 heterocycles. The average Bonchev–Trinajstić information content (AvgIpc) is 2.68. The van der Waals surface area contributed by atoms with Crippen LogP contribution in [0.5, 0.6) is 11.5 Å². The van der Waals surface area contributed by atoms with E-state index in [4.69, 9.17) is 14.2 Å². The minimum atomic E-state index is -0.845. The van der Waals surface area contributed by atoms with Crippen LogP contribution in [0.15, 0.2) is 46.9 Å². The monoisotopic (exact) mass is 421 g/mol. The summed E-state index contributed by atoms with van der Waals surface area (Å²) in [7, 11) is 4.36. The van der Waals surface area contributed by atoms with Gasteiger partial charge in [0.15, 0.2) is 11.5 Å². The Bertz CT molecular complexity index is 779. The number of carbonyl (C=O) groups excluding carboxylic acids is 2. The van der Waals surface area contributed by atoms with Crippen molar-refractivity contribution in [1.82, 2.24) is 5.32 Å². The molecule has 0 radical (unpaired) electrons. The van der Waals surface area contributed by atoms with E-state index in [1.165, 1.54) is 14.2 Å². The van der Waals surface area contributed by atoms with Crippen molar-refractivity contribution in [3.63, 3.8) is 0 Å². The first-order valence-corrected chi connectivity index (χ1v) is 8.63. The normalized spacial score (nSPS) is 11.4. The zero-order valence-electron chi connectivity index (χ0n) is 14.7. The fraction of sp³-hybridized carbons (Fsp3) is 0.263. The summed E-state index contributed by atoms with van der Waals surface area (Å²) in [6.45, 7) is 0. The molecular formula is C19H20BrNO5. The molecule has 1 N–H and O–H groups in total. The Balaban J connectivity index is 2.26. The van der Waals surface area contributed by atoms with Gasteiger partial charge in [-0.15, -0.1) is 0 Å². The number of ether oxygens (including phenoxy) is 3. The molecular weight excluding hydrogens is 402 g/mol. The number of amides is 1. The highest BCUT2D eigenvalue weighted by Crippen LogP contribution is 2.33. The van der Waals surface area contributed by atoms with Crippen molar-refractivity contribution in [2.75, 3.05) is 21.3 Å². The molecule has 0 aromatic heterocycles. The van der Waals surface area contributed by atoms with Gasteiger partial charge >= 0.3 is 5.97 Å². The smallest absolute Gasteiger partial charge is 0.328 e. The van der Waals surface area contributed by atoms with Crippen LogP contribution in [-0.4, -0.2) is 39.2 Å². The van der Waals surface area contributed by atoms with Crippen LogP contribution < -0.4 is 14.8 Å². The van der Waals surface area contributed by atoms with Crippen LogP contribution in [0.2, 0.25) is 0 Å². The molecule has 0 aliphatic rings. The van der Waals surface area contributed by atoms with Crippen molar-refractivity contribution < 1.29 is 23.8 Å². The molecule has 1 unspecified atom stereocenters. The van der Waals surface area contributed by atoms with E-state index in [0.29, 0.717) is 17.1 Å². The molecule has 0 aliphatic carbocycles. The van der Waals surface area contributed by atoms with Crippen molar-refractivity contribution in [2.24, 2.45) is 0 Å². The van der Waals surface area contributed by atoms with Crippen LogP contribution in [0, 0.1) is 0 Å². The molecule has 0 saturated heterocycles. The standard InChI is InChI=1S/C19H20BrNO5/c1-24-16-10-13(14(20)11-17(16)25-2)9-15(19(23)26-3)21-18(22)12-7-5-4-6-8-12/h4-8,10-11,15H,9H2,1-3H3,(H,21,22). The maximum Gasteiger partial charge on any atom is 0.328 e. The molecule has 7 heteroatoms. The Morgan fingerprint density at radius 2 is 1.65 bits per heavy atom. The number of hydrogen-bond acceptors (Lipinski definition) is 5. The van der Waals surface area contributed by atoms with Crippen molar-refractivity contribution in [1.29, 1.82) is 0 Å². The first-order valence-electron chi connectivity index (χ1n) is 7.84. The number of rotatable bonds is 7. The van der Waals surface area contributed by atoms with E-state index in [1.54, 1.807) is 43.5 Å². The van der Waals surface area contributed by atoms with Gasteiger partial charge in [0.2, 0.25) is 0 Å². The highest BCUT2D eigenvalue weighted by Gasteiger charge is 2.24. The molecule has 138 valence electrons. The van der Waals surface area contributed by atoms with Gasteiger partial charge in [-0.1, -0.05) is 34.1 Å². The third kappa shape index (κ3) is 4.76. The van der Waals surface area contributed by atoms with Gasteiger partial charge in [0.25, 0.3) is 5.91 Å². The topological polar surface area (TPSA) is 73.9 Å². The van der Waals surface area contributed by atoms with Gasteiger partial charge in [-0.25, -0.2) is 4.79 Å². The number of methoxy groups -OCH3 is 3. The third-order valence-corrected chi connectivity index (χ3v) is 4.54. The number of benzene rings is 2. The maximum atomic E-state index is 12.4. The summed E-state index contributed by atoms with van der Waals surface area (Å²) < 4.78 is 16.1. The molecule has 0 spiro atoms. The second-order valence-electron chi connectivity index (χ2n) is 5.42. The van der Waals surface area contributed by atoms with E-state index in [1.807, 2.05) is 6.07 Å². The predicted molar refractivity (Wildman–Crippen MR) is 101 cm³/mol. The fourth-order valence-corrected chi connectivity index (χ4v) is 2.92. The van der Waals surface area contributed by atoms with Gasteiger partial charge in [0.05, 0.1) is 21.3 Å². The summed E-state index contributed by atoms with van der Waals surface area (Å²) in [5.74, 6) is 0.211. The molecule has 26 heavy (non-hydrogen) atoms. The lowest BCUT2D eigenvalue weighted by atomic mass is 10.0. The Morgan fingerprint density at radius 1 is 1.04 bits per heavy atom. The zero-order valence-corrected chi connectivity index (χ0v) is 16.3. The second-order valence-corrected chi connectivity index (χ2v) is 6.27. The maximum absolute atomic E-state index is 12.4. The second kappa shape index (κ2) is 9.24. The van der Waals surface area contributed by atoms with Gasteiger partial charge in [0, 0.05) is 16.5 Å². The van der Waals surface area contributed by atoms with Gasteiger partial charge < -0.3 is 19.5 Å². The summed E-state index contributed by atoms with van der Waals surface area (Å²) in [5, 5.41) is 2.72. The van der Waals surface area contributed by atoms with E-state index in [9.17, 15) is 9.59 Å². The zero-order chi connectivity index (χ0) is 19.1. The van der Waals surface area contributed by atoms with E-state index in [-0.39, 0.29) is 12.3 Å². The molecule has 2 rings (SSSR count). The van der Waals surface area contributed by atoms with Gasteiger partial charge in [-0.2, -0.15) is 0 Å². The number of hydrogen-bond donors (Lipinski definition) is 1. The summed E-state index contributed by atoms with van der Waals surface area (Å²) >= 11 is 3.46. The summed E-state index contributed by atoms with van der Waals surface area (Å²) in [6.07, 6.45) is 0.228. The molecule has 1 amide bonds. The van der Waals surface area contributed by atoms with E-state index in [0.717, 1.165) is 10.0 Å². The summed E-state index contributed by atoms with van der Waals surface area (Å²) in [4.78, 5) is 24.6.